The standard InChI is InChI=1S/C17H24N6O3/c1-17(2,3)26-16(24)22-7-11(8-22)9-23-10-12(5-20-23)13-6-19-14(18)15(21-13)25-4/h5-6,10-11H,7-9H2,1-4H3,(H2,18,19). The molecule has 2 aromatic heterocycles. The molecule has 0 atom stereocenters. The van der Waals surface area contributed by atoms with Crippen LogP contribution in [0.25, 0.3) is 11.3 Å². The number of carbonyl (C=O) groups excluding carboxylic acids is 1. The zero-order valence-electron chi connectivity index (χ0n) is 15.5. The summed E-state index contributed by atoms with van der Waals surface area (Å²) in [7, 11) is 1.50. The number of nitrogen functional groups attached to an aromatic ring is 1. The fourth-order valence-electron chi connectivity index (χ4n) is 2.69. The van der Waals surface area contributed by atoms with Crippen LogP contribution < -0.4 is 10.5 Å². The molecule has 9 nitrogen and oxygen atoms in total. The van der Waals surface area contributed by atoms with Crippen LogP contribution in [0.3, 0.4) is 0 Å². The molecule has 0 aliphatic carbocycles. The molecule has 0 radical (unpaired) electrons. The van der Waals surface area contributed by atoms with Crippen molar-refractivity contribution in [1.82, 2.24) is 24.6 Å². The van der Waals surface area contributed by atoms with Gasteiger partial charge in [-0.1, -0.05) is 0 Å². The van der Waals surface area contributed by atoms with E-state index in [-0.39, 0.29) is 11.9 Å². The van der Waals surface area contributed by atoms with Crippen molar-refractivity contribution in [3.05, 3.63) is 18.6 Å². The molecule has 1 aliphatic heterocycles. The van der Waals surface area contributed by atoms with Gasteiger partial charge in [0.15, 0.2) is 5.82 Å². The third kappa shape index (κ3) is 4.04. The lowest BCUT2D eigenvalue weighted by atomic mass is 10.0. The van der Waals surface area contributed by atoms with Gasteiger partial charge >= 0.3 is 6.09 Å². The van der Waals surface area contributed by atoms with Gasteiger partial charge in [0.2, 0.25) is 0 Å². The van der Waals surface area contributed by atoms with Crippen molar-refractivity contribution in [3.8, 4) is 17.1 Å². The smallest absolute Gasteiger partial charge is 0.410 e. The molecule has 0 aromatic carbocycles. The van der Waals surface area contributed by atoms with E-state index in [0.717, 1.165) is 12.1 Å². The lowest BCUT2D eigenvalue weighted by Gasteiger charge is -2.39. The highest BCUT2D eigenvalue weighted by Crippen LogP contribution is 2.24. The third-order valence-corrected chi connectivity index (χ3v) is 3.94. The SMILES string of the molecule is COc1nc(-c2cnn(CC3CN(C(=O)OC(C)(C)C)C3)c2)cnc1N. The van der Waals surface area contributed by atoms with E-state index in [1.165, 1.54) is 7.11 Å². The maximum Gasteiger partial charge on any atom is 0.410 e. The summed E-state index contributed by atoms with van der Waals surface area (Å²) in [6.07, 6.45) is 4.95. The number of methoxy groups -OCH3 is 1. The molecule has 3 heterocycles. The van der Waals surface area contributed by atoms with E-state index in [1.54, 1.807) is 17.3 Å². The van der Waals surface area contributed by atoms with E-state index >= 15 is 0 Å². The predicted octanol–water partition coefficient (Wildman–Crippen LogP) is 1.80. The minimum absolute atomic E-state index is 0.250. The molecule has 0 spiro atoms. The molecule has 26 heavy (non-hydrogen) atoms. The molecule has 0 saturated carbocycles. The van der Waals surface area contributed by atoms with Crippen LogP contribution in [0, 0.1) is 5.92 Å². The number of anilines is 1. The molecular weight excluding hydrogens is 336 g/mol. The summed E-state index contributed by atoms with van der Waals surface area (Å²) in [5, 5.41) is 4.36. The predicted molar refractivity (Wildman–Crippen MR) is 95.5 cm³/mol. The molecule has 2 N–H and O–H groups in total. The molecule has 1 fully saturated rings. The van der Waals surface area contributed by atoms with Gasteiger partial charge < -0.3 is 20.1 Å². The normalized spacial score (nSPS) is 14.8. The van der Waals surface area contributed by atoms with E-state index in [4.69, 9.17) is 15.2 Å². The number of hydrogen-bond donors (Lipinski definition) is 1. The first kappa shape index (κ1) is 18.0. The number of carbonyl (C=O) groups is 1. The highest BCUT2D eigenvalue weighted by Gasteiger charge is 2.33. The Kier molecular flexibility index (Phi) is 4.71. The maximum absolute atomic E-state index is 12.0. The Morgan fingerprint density at radius 2 is 2.08 bits per heavy atom. The molecule has 9 heteroatoms. The number of nitrogens with zero attached hydrogens (tertiary/aromatic N) is 5. The van der Waals surface area contributed by atoms with Gasteiger partial charge in [-0.3, -0.25) is 4.68 Å². The van der Waals surface area contributed by atoms with Crippen molar-refractivity contribution in [2.75, 3.05) is 25.9 Å². The summed E-state index contributed by atoms with van der Waals surface area (Å²) in [4.78, 5) is 22.1. The minimum atomic E-state index is -0.472. The second kappa shape index (κ2) is 6.81. The first-order valence-electron chi connectivity index (χ1n) is 8.42. The topological polar surface area (TPSA) is 108 Å². The second-order valence-corrected chi connectivity index (χ2v) is 7.35. The fraction of sp³-hybridized carbons (Fsp3) is 0.529. The number of ether oxygens (including phenoxy) is 2. The highest BCUT2D eigenvalue weighted by molar-refractivity contribution is 5.69. The number of rotatable bonds is 4. The Hall–Kier alpha value is -2.84. The van der Waals surface area contributed by atoms with Crippen molar-refractivity contribution >= 4 is 11.9 Å². The van der Waals surface area contributed by atoms with Crippen molar-refractivity contribution in [3.63, 3.8) is 0 Å². The van der Waals surface area contributed by atoms with Gasteiger partial charge in [0.25, 0.3) is 5.88 Å². The minimum Gasteiger partial charge on any atom is -0.478 e. The molecule has 140 valence electrons. The largest absolute Gasteiger partial charge is 0.478 e. The quantitative estimate of drug-likeness (QED) is 0.885. The van der Waals surface area contributed by atoms with Crippen molar-refractivity contribution < 1.29 is 14.3 Å². The summed E-state index contributed by atoms with van der Waals surface area (Å²) in [6, 6.07) is 0. The Morgan fingerprint density at radius 1 is 1.35 bits per heavy atom. The number of nitrogens with two attached hydrogens (primary N) is 1. The molecule has 1 saturated heterocycles. The fourth-order valence-corrected chi connectivity index (χ4v) is 2.69. The van der Waals surface area contributed by atoms with E-state index in [1.807, 2.05) is 31.6 Å². The summed E-state index contributed by atoms with van der Waals surface area (Å²) in [6.45, 7) is 7.64. The van der Waals surface area contributed by atoms with Gasteiger partial charge in [-0.25, -0.2) is 14.8 Å². The van der Waals surface area contributed by atoms with Crippen molar-refractivity contribution in [2.45, 2.75) is 32.9 Å². The average molecular weight is 360 g/mol. The monoisotopic (exact) mass is 360 g/mol. The Bertz CT molecular complexity index is 792. The Morgan fingerprint density at radius 3 is 2.73 bits per heavy atom. The maximum atomic E-state index is 12.0. The van der Waals surface area contributed by atoms with Gasteiger partial charge in [0, 0.05) is 37.3 Å². The summed E-state index contributed by atoms with van der Waals surface area (Å²) >= 11 is 0. The average Bonchev–Trinajstić information content (AvgIpc) is 2.97. The Labute approximate surface area is 152 Å². The van der Waals surface area contributed by atoms with Gasteiger partial charge in [-0.05, 0) is 20.8 Å². The first-order chi connectivity index (χ1) is 12.2. The van der Waals surface area contributed by atoms with Crippen LogP contribution in [0.5, 0.6) is 5.88 Å². The highest BCUT2D eigenvalue weighted by atomic mass is 16.6. The van der Waals surface area contributed by atoms with Gasteiger partial charge in [-0.15, -0.1) is 0 Å². The molecule has 0 unspecified atom stereocenters. The summed E-state index contributed by atoms with van der Waals surface area (Å²) in [5.74, 6) is 0.893. The Balaban J connectivity index is 1.56. The molecule has 1 aliphatic rings. The summed E-state index contributed by atoms with van der Waals surface area (Å²) in [5.41, 5.74) is 6.69. The molecule has 0 bridgehead atoms. The van der Waals surface area contributed by atoms with E-state index in [0.29, 0.717) is 30.6 Å². The molecule has 1 amide bonds. The lowest BCUT2D eigenvalue weighted by Crippen LogP contribution is -2.52. The lowest BCUT2D eigenvalue weighted by molar-refractivity contribution is -0.00383. The van der Waals surface area contributed by atoms with Gasteiger partial charge in [0.1, 0.15) is 5.60 Å². The number of aromatic nitrogens is 4. The zero-order valence-corrected chi connectivity index (χ0v) is 15.5. The van der Waals surface area contributed by atoms with E-state index in [2.05, 4.69) is 15.1 Å². The van der Waals surface area contributed by atoms with Crippen LogP contribution in [0.1, 0.15) is 20.8 Å². The van der Waals surface area contributed by atoms with Gasteiger partial charge in [-0.2, -0.15) is 5.10 Å². The third-order valence-electron chi connectivity index (χ3n) is 3.94. The van der Waals surface area contributed by atoms with Gasteiger partial charge in [0.05, 0.1) is 25.2 Å². The molecule has 2 aromatic rings. The van der Waals surface area contributed by atoms with E-state index in [9.17, 15) is 4.79 Å². The zero-order chi connectivity index (χ0) is 18.9. The molecule has 3 rings (SSSR count). The first-order valence-corrected chi connectivity index (χ1v) is 8.42. The van der Waals surface area contributed by atoms with Crippen LogP contribution in [0.2, 0.25) is 0 Å². The van der Waals surface area contributed by atoms with Crippen LogP contribution >= 0.6 is 0 Å². The van der Waals surface area contributed by atoms with Crippen LogP contribution in [-0.2, 0) is 11.3 Å². The number of likely N-dealkylation sites (tertiary alicyclic amines) is 1. The summed E-state index contributed by atoms with van der Waals surface area (Å²) < 4.78 is 12.3. The number of amides is 1. The van der Waals surface area contributed by atoms with Crippen molar-refractivity contribution in [2.24, 2.45) is 5.92 Å². The van der Waals surface area contributed by atoms with Crippen LogP contribution in [0.15, 0.2) is 18.6 Å². The van der Waals surface area contributed by atoms with E-state index < -0.39 is 5.60 Å². The van der Waals surface area contributed by atoms with Crippen LogP contribution in [-0.4, -0.2) is 56.5 Å². The second-order valence-electron chi connectivity index (χ2n) is 7.35. The van der Waals surface area contributed by atoms with Crippen LogP contribution in [0.4, 0.5) is 10.6 Å². The van der Waals surface area contributed by atoms with Crippen molar-refractivity contribution in [1.29, 1.82) is 0 Å². The number of hydrogen-bond acceptors (Lipinski definition) is 7. The molecular formula is C17H24N6O3.